The Morgan fingerprint density at radius 3 is 2.61 bits per heavy atom. The van der Waals surface area contributed by atoms with Crippen LogP contribution in [-0.2, 0) is 4.79 Å². The van der Waals surface area contributed by atoms with Gasteiger partial charge in [0.15, 0.2) is 5.13 Å². The molecule has 7 heteroatoms. The summed E-state index contributed by atoms with van der Waals surface area (Å²) in [5.74, 6) is -0.220. The number of benzene rings is 2. The van der Waals surface area contributed by atoms with E-state index >= 15 is 0 Å². The minimum absolute atomic E-state index is 0.161. The van der Waals surface area contributed by atoms with Gasteiger partial charge in [-0.25, -0.2) is 4.98 Å². The molecule has 1 fully saturated rings. The monoisotopic (exact) mass is 408 g/mol. The molecule has 1 aliphatic rings. The highest BCUT2D eigenvalue weighted by molar-refractivity contribution is 7.22. The zero-order chi connectivity index (χ0) is 19.5. The number of hydrogen-bond donors (Lipinski definition) is 0. The highest BCUT2D eigenvalue weighted by Gasteiger charge is 2.25. The highest BCUT2D eigenvalue weighted by atomic mass is 35.5. The topological polar surface area (TPSA) is 60.2 Å². The van der Waals surface area contributed by atoms with E-state index in [0.29, 0.717) is 31.2 Å². The Kier molecular flexibility index (Phi) is 5.29. The van der Waals surface area contributed by atoms with Crippen LogP contribution in [0.15, 0.2) is 54.1 Å². The molecule has 0 aliphatic carbocycles. The highest BCUT2D eigenvalue weighted by Crippen LogP contribution is 2.31. The number of fused-ring (bicyclic) bond motifs is 1. The molecular formula is C21H17ClN4OS. The lowest BCUT2D eigenvalue weighted by atomic mass is 10.1. The Hall–Kier alpha value is -2.88. The number of piperazine rings is 1. The molecule has 1 amide bonds. The van der Waals surface area contributed by atoms with Crippen LogP contribution in [0, 0.1) is 11.3 Å². The van der Waals surface area contributed by atoms with E-state index in [1.165, 1.54) is 0 Å². The van der Waals surface area contributed by atoms with Crippen LogP contribution in [0.4, 0.5) is 5.13 Å². The Morgan fingerprint density at radius 1 is 1.14 bits per heavy atom. The van der Waals surface area contributed by atoms with E-state index in [2.05, 4.69) is 9.88 Å². The summed E-state index contributed by atoms with van der Waals surface area (Å²) < 4.78 is 1.05. The van der Waals surface area contributed by atoms with Crippen LogP contribution in [0.1, 0.15) is 5.56 Å². The summed E-state index contributed by atoms with van der Waals surface area (Å²) in [6.45, 7) is 2.49. The molecule has 28 heavy (non-hydrogen) atoms. The van der Waals surface area contributed by atoms with E-state index in [1.54, 1.807) is 22.3 Å². The van der Waals surface area contributed by atoms with Crippen LogP contribution < -0.4 is 4.90 Å². The van der Waals surface area contributed by atoms with Gasteiger partial charge in [0.1, 0.15) is 11.6 Å². The summed E-state index contributed by atoms with van der Waals surface area (Å²) in [5.41, 5.74) is 1.94. The zero-order valence-electron chi connectivity index (χ0n) is 15.0. The molecule has 4 rings (SSSR count). The first-order valence-electron chi connectivity index (χ1n) is 8.91. The molecule has 2 heterocycles. The fourth-order valence-electron chi connectivity index (χ4n) is 3.15. The number of nitrogens with zero attached hydrogens (tertiary/aromatic N) is 4. The molecule has 140 valence electrons. The first-order chi connectivity index (χ1) is 13.6. The normalized spacial score (nSPS) is 14.9. The number of nitriles is 1. The largest absolute Gasteiger partial charge is 0.345 e. The average Bonchev–Trinajstić information content (AvgIpc) is 3.15. The van der Waals surface area contributed by atoms with E-state index < -0.39 is 0 Å². The predicted molar refractivity (Wildman–Crippen MR) is 113 cm³/mol. The molecule has 3 aromatic rings. The number of carbonyl (C=O) groups excluding carboxylic acids is 1. The molecule has 0 unspecified atom stereocenters. The van der Waals surface area contributed by atoms with E-state index in [9.17, 15) is 10.1 Å². The Morgan fingerprint density at radius 2 is 1.89 bits per heavy atom. The fraction of sp³-hybridized carbons (Fsp3) is 0.190. The van der Waals surface area contributed by atoms with Gasteiger partial charge in [-0.3, -0.25) is 4.79 Å². The van der Waals surface area contributed by atoms with Crippen molar-refractivity contribution in [3.05, 3.63) is 64.7 Å². The van der Waals surface area contributed by atoms with Gasteiger partial charge in [0.05, 0.1) is 10.2 Å². The van der Waals surface area contributed by atoms with Gasteiger partial charge < -0.3 is 9.80 Å². The van der Waals surface area contributed by atoms with Crippen molar-refractivity contribution >= 4 is 50.3 Å². The maximum absolute atomic E-state index is 12.7. The Bertz CT molecular complexity index is 1080. The lowest BCUT2D eigenvalue weighted by Crippen LogP contribution is -2.49. The first kappa shape index (κ1) is 18.5. The second kappa shape index (κ2) is 8.01. The third-order valence-corrected chi connectivity index (χ3v) is 5.95. The number of aromatic nitrogens is 1. The van der Waals surface area contributed by atoms with Crippen molar-refractivity contribution < 1.29 is 4.79 Å². The molecular weight excluding hydrogens is 392 g/mol. The molecule has 1 saturated heterocycles. The summed E-state index contributed by atoms with van der Waals surface area (Å²) in [4.78, 5) is 21.3. The van der Waals surface area contributed by atoms with Crippen LogP contribution in [0.25, 0.3) is 16.3 Å². The molecule has 1 aliphatic heterocycles. The average molecular weight is 409 g/mol. The number of amides is 1. The second-order valence-corrected chi connectivity index (χ2v) is 7.91. The molecule has 0 N–H and O–H groups in total. The van der Waals surface area contributed by atoms with Gasteiger partial charge >= 0.3 is 0 Å². The van der Waals surface area contributed by atoms with E-state index in [4.69, 9.17) is 11.6 Å². The molecule has 2 aromatic carbocycles. The molecule has 5 nitrogen and oxygen atoms in total. The van der Waals surface area contributed by atoms with Gasteiger partial charge in [-0.15, -0.1) is 0 Å². The molecule has 0 saturated carbocycles. The second-order valence-electron chi connectivity index (χ2n) is 6.47. The van der Waals surface area contributed by atoms with E-state index in [-0.39, 0.29) is 11.5 Å². The van der Waals surface area contributed by atoms with E-state index in [1.807, 2.05) is 54.6 Å². The standard InChI is InChI=1S/C21H17ClN4OS/c22-17-6-7-18-19(13-17)28-21(24-18)26-10-8-25(9-11-26)20(27)16(14-23)12-15-4-2-1-3-5-15/h1-7,12-13H,8-11H2/b16-12+. The molecule has 0 spiro atoms. The Balaban J connectivity index is 1.45. The van der Waals surface area contributed by atoms with Crippen molar-refractivity contribution in [3.8, 4) is 6.07 Å². The number of halogens is 1. The summed E-state index contributed by atoms with van der Waals surface area (Å²) in [6.07, 6.45) is 1.64. The van der Waals surface area contributed by atoms with Crippen molar-refractivity contribution in [3.63, 3.8) is 0 Å². The van der Waals surface area contributed by atoms with Crippen molar-refractivity contribution in [1.82, 2.24) is 9.88 Å². The van der Waals surface area contributed by atoms with Crippen LogP contribution in [-0.4, -0.2) is 42.0 Å². The van der Waals surface area contributed by atoms with Crippen molar-refractivity contribution in [2.45, 2.75) is 0 Å². The zero-order valence-corrected chi connectivity index (χ0v) is 16.6. The predicted octanol–water partition coefficient (Wildman–Crippen LogP) is 4.21. The van der Waals surface area contributed by atoms with Crippen LogP contribution >= 0.6 is 22.9 Å². The van der Waals surface area contributed by atoms with Gasteiger partial charge in [-0.2, -0.15) is 5.26 Å². The van der Waals surface area contributed by atoms with E-state index in [0.717, 1.165) is 20.9 Å². The molecule has 0 radical (unpaired) electrons. The third-order valence-electron chi connectivity index (χ3n) is 4.64. The number of anilines is 1. The van der Waals surface area contributed by atoms with Gasteiger partial charge in [0, 0.05) is 31.2 Å². The van der Waals surface area contributed by atoms with Crippen molar-refractivity contribution in [2.75, 3.05) is 31.1 Å². The number of rotatable bonds is 3. The maximum Gasteiger partial charge on any atom is 0.264 e. The van der Waals surface area contributed by atoms with Gasteiger partial charge in [0.2, 0.25) is 0 Å². The lowest BCUT2D eigenvalue weighted by molar-refractivity contribution is -0.126. The number of thiazole rings is 1. The fourth-order valence-corrected chi connectivity index (χ4v) is 4.44. The van der Waals surface area contributed by atoms with Gasteiger partial charge in [-0.1, -0.05) is 53.3 Å². The minimum Gasteiger partial charge on any atom is -0.345 e. The summed E-state index contributed by atoms with van der Waals surface area (Å²) in [6, 6.07) is 17.2. The summed E-state index contributed by atoms with van der Waals surface area (Å²) in [5, 5.41) is 11.1. The van der Waals surface area contributed by atoms with Crippen LogP contribution in [0.3, 0.4) is 0 Å². The van der Waals surface area contributed by atoms with Crippen molar-refractivity contribution in [1.29, 1.82) is 5.26 Å². The number of carbonyl (C=O) groups is 1. The third kappa shape index (κ3) is 3.86. The summed E-state index contributed by atoms with van der Waals surface area (Å²) in [7, 11) is 0. The van der Waals surface area contributed by atoms with Crippen LogP contribution in [0.5, 0.6) is 0 Å². The van der Waals surface area contributed by atoms with Crippen molar-refractivity contribution in [2.24, 2.45) is 0 Å². The molecule has 1 aromatic heterocycles. The SMILES string of the molecule is N#C/C(=C\c1ccccc1)C(=O)N1CCN(c2nc3ccc(Cl)cc3s2)CC1. The first-order valence-corrected chi connectivity index (χ1v) is 10.1. The lowest BCUT2D eigenvalue weighted by Gasteiger charge is -2.34. The van der Waals surface area contributed by atoms with Gasteiger partial charge in [-0.05, 0) is 29.8 Å². The maximum atomic E-state index is 12.7. The number of hydrogen-bond acceptors (Lipinski definition) is 5. The molecule has 0 bridgehead atoms. The quantitative estimate of drug-likeness (QED) is 0.481. The minimum atomic E-state index is -0.220. The van der Waals surface area contributed by atoms with Crippen LogP contribution in [0.2, 0.25) is 5.02 Å². The summed E-state index contributed by atoms with van der Waals surface area (Å²) >= 11 is 7.66. The molecule has 0 atom stereocenters. The smallest absolute Gasteiger partial charge is 0.264 e. The Labute approximate surface area is 172 Å². The van der Waals surface area contributed by atoms with Gasteiger partial charge in [0.25, 0.3) is 5.91 Å².